The van der Waals surface area contributed by atoms with Gasteiger partial charge in [0.15, 0.2) is 0 Å². The molecule has 2 rings (SSSR count). The molecule has 3 nitrogen and oxygen atoms in total. The number of rotatable bonds is 2. The minimum Gasteiger partial charge on any atom is -0.477 e. The van der Waals surface area contributed by atoms with Gasteiger partial charge in [-0.05, 0) is 13.0 Å². The maximum atomic E-state index is 10.9. The van der Waals surface area contributed by atoms with E-state index in [1.54, 1.807) is 6.92 Å². The zero-order valence-electron chi connectivity index (χ0n) is 8.40. The highest BCUT2D eigenvalue weighted by atomic mass is 79.9. The van der Waals surface area contributed by atoms with Gasteiger partial charge in [-0.2, -0.15) is 0 Å². The van der Waals surface area contributed by atoms with Crippen LogP contribution in [-0.2, 0) is 0 Å². The molecule has 0 spiro atoms. The molecule has 2 aromatic rings. The van der Waals surface area contributed by atoms with E-state index in [1.807, 2.05) is 24.3 Å². The summed E-state index contributed by atoms with van der Waals surface area (Å²) in [5.74, 6) is -0.923. The van der Waals surface area contributed by atoms with Gasteiger partial charge < -0.3 is 5.11 Å². The third-order valence-electron chi connectivity index (χ3n) is 2.10. The summed E-state index contributed by atoms with van der Waals surface area (Å²) in [5, 5.41) is 9.68. The number of halogens is 1. The Labute approximate surface area is 105 Å². The normalized spacial score (nSPS) is 10.4. The van der Waals surface area contributed by atoms with Gasteiger partial charge in [0, 0.05) is 10.0 Å². The SMILES string of the molecule is Cc1nc(-c2ccccc2Br)sc1C(=O)O. The monoisotopic (exact) mass is 297 g/mol. The van der Waals surface area contributed by atoms with Crippen LogP contribution in [0.2, 0.25) is 0 Å². The molecule has 0 radical (unpaired) electrons. The molecule has 0 saturated heterocycles. The number of benzene rings is 1. The van der Waals surface area contributed by atoms with Crippen molar-refractivity contribution in [3.8, 4) is 10.6 Å². The first-order valence-corrected chi connectivity index (χ1v) is 6.16. The predicted octanol–water partition coefficient (Wildman–Crippen LogP) is 3.58. The van der Waals surface area contributed by atoms with Crippen molar-refractivity contribution in [1.82, 2.24) is 4.98 Å². The van der Waals surface area contributed by atoms with Crippen molar-refractivity contribution in [3.63, 3.8) is 0 Å². The van der Waals surface area contributed by atoms with E-state index in [4.69, 9.17) is 5.11 Å². The Balaban J connectivity index is 2.54. The minimum absolute atomic E-state index is 0.297. The molecule has 1 N–H and O–H groups in total. The fraction of sp³-hybridized carbons (Fsp3) is 0.0909. The van der Waals surface area contributed by atoms with Crippen LogP contribution in [-0.4, -0.2) is 16.1 Å². The van der Waals surface area contributed by atoms with Gasteiger partial charge in [-0.25, -0.2) is 9.78 Å². The molecule has 1 heterocycles. The summed E-state index contributed by atoms with van der Waals surface area (Å²) in [4.78, 5) is 15.5. The molecule has 0 aliphatic rings. The molecular weight excluding hydrogens is 290 g/mol. The Kier molecular flexibility index (Phi) is 3.07. The molecule has 0 fully saturated rings. The molecule has 16 heavy (non-hydrogen) atoms. The summed E-state index contributed by atoms with van der Waals surface area (Å²) in [6.45, 7) is 1.71. The van der Waals surface area contributed by atoms with Gasteiger partial charge in [0.05, 0.1) is 5.69 Å². The first kappa shape index (κ1) is 11.3. The zero-order chi connectivity index (χ0) is 11.7. The van der Waals surface area contributed by atoms with Gasteiger partial charge in [0.2, 0.25) is 0 Å². The van der Waals surface area contributed by atoms with Crippen LogP contribution in [0.3, 0.4) is 0 Å². The van der Waals surface area contributed by atoms with E-state index in [0.717, 1.165) is 15.0 Å². The van der Waals surface area contributed by atoms with Gasteiger partial charge in [-0.1, -0.05) is 34.1 Å². The molecular formula is C11H8BrNO2S. The number of nitrogens with zero attached hydrogens (tertiary/aromatic N) is 1. The number of carbonyl (C=O) groups is 1. The van der Waals surface area contributed by atoms with Gasteiger partial charge in [0.25, 0.3) is 0 Å². The van der Waals surface area contributed by atoms with E-state index >= 15 is 0 Å². The maximum absolute atomic E-state index is 10.9. The van der Waals surface area contributed by atoms with Crippen molar-refractivity contribution < 1.29 is 9.90 Å². The van der Waals surface area contributed by atoms with Gasteiger partial charge in [-0.15, -0.1) is 11.3 Å². The molecule has 1 aromatic carbocycles. The fourth-order valence-electron chi connectivity index (χ4n) is 1.34. The zero-order valence-corrected chi connectivity index (χ0v) is 10.8. The van der Waals surface area contributed by atoms with E-state index in [9.17, 15) is 4.79 Å². The van der Waals surface area contributed by atoms with Crippen LogP contribution in [0.4, 0.5) is 0 Å². The highest BCUT2D eigenvalue weighted by Crippen LogP contribution is 2.32. The second-order valence-corrected chi connectivity index (χ2v) is 5.07. The largest absolute Gasteiger partial charge is 0.477 e. The molecule has 0 unspecified atom stereocenters. The lowest BCUT2D eigenvalue weighted by Crippen LogP contribution is -1.94. The van der Waals surface area contributed by atoms with Crippen molar-refractivity contribution >= 4 is 33.2 Å². The average Bonchev–Trinajstić information content (AvgIpc) is 2.61. The highest BCUT2D eigenvalue weighted by Gasteiger charge is 2.15. The molecule has 0 amide bonds. The maximum Gasteiger partial charge on any atom is 0.347 e. The summed E-state index contributed by atoms with van der Waals surface area (Å²) in [6, 6.07) is 7.63. The van der Waals surface area contributed by atoms with Crippen molar-refractivity contribution in [1.29, 1.82) is 0 Å². The average molecular weight is 298 g/mol. The van der Waals surface area contributed by atoms with Crippen LogP contribution >= 0.6 is 27.3 Å². The highest BCUT2D eigenvalue weighted by molar-refractivity contribution is 9.10. The van der Waals surface area contributed by atoms with E-state index in [1.165, 1.54) is 11.3 Å². The number of hydrogen-bond acceptors (Lipinski definition) is 3. The van der Waals surface area contributed by atoms with Crippen LogP contribution in [0, 0.1) is 6.92 Å². The lowest BCUT2D eigenvalue weighted by Gasteiger charge is -1.98. The minimum atomic E-state index is -0.923. The van der Waals surface area contributed by atoms with Crippen LogP contribution in [0.5, 0.6) is 0 Å². The van der Waals surface area contributed by atoms with E-state index in [2.05, 4.69) is 20.9 Å². The third kappa shape index (κ3) is 2.01. The van der Waals surface area contributed by atoms with Gasteiger partial charge >= 0.3 is 5.97 Å². The molecule has 5 heteroatoms. The lowest BCUT2D eigenvalue weighted by molar-refractivity contribution is 0.0701. The number of carboxylic acid groups (broad SMARTS) is 1. The van der Waals surface area contributed by atoms with E-state index in [-0.39, 0.29) is 0 Å². The number of thiazole rings is 1. The molecule has 0 atom stereocenters. The van der Waals surface area contributed by atoms with Crippen molar-refractivity contribution in [2.45, 2.75) is 6.92 Å². The molecule has 82 valence electrons. The number of aromatic nitrogens is 1. The number of aryl methyl sites for hydroxylation is 1. The van der Waals surface area contributed by atoms with Crippen molar-refractivity contribution in [2.24, 2.45) is 0 Å². The molecule has 0 aliphatic heterocycles. The third-order valence-corrected chi connectivity index (χ3v) is 3.97. The summed E-state index contributed by atoms with van der Waals surface area (Å²) in [7, 11) is 0. The topological polar surface area (TPSA) is 50.2 Å². The molecule has 0 bridgehead atoms. The fourth-order valence-corrected chi connectivity index (χ4v) is 2.89. The first-order valence-electron chi connectivity index (χ1n) is 4.55. The lowest BCUT2D eigenvalue weighted by atomic mass is 10.2. The van der Waals surface area contributed by atoms with Crippen LogP contribution < -0.4 is 0 Å². The summed E-state index contributed by atoms with van der Waals surface area (Å²) in [5.41, 5.74) is 1.48. The Morgan fingerprint density at radius 2 is 2.12 bits per heavy atom. The second kappa shape index (κ2) is 4.35. The first-order chi connectivity index (χ1) is 7.59. The Bertz CT molecular complexity index is 551. The number of aromatic carboxylic acids is 1. The molecule has 0 aliphatic carbocycles. The summed E-state index contributed by atoms with van der Waals surface area (Å²) in [6.07, 6.45) is 0. The Hall–Kier alpha value is -1.20. The number of carboxylic acids is 1. The van der Waals surface area contributed by atoms with Crippen LogP contribution in [0.25, 0.3) is 10.6 Å². The van der Waals surface area contributed by atoms with Gasteiger partial charge in [0.1, 0.15) is 9.88 Å². The smallest absolute Gasteiger partial charge is 0.347 e. The standard InChI is InChI=1S/C11H8BrNO2S/c1-6-9(11(14)15)16-10(13-6)7-4-2-3-5-8(7)12/h2-5H,1H3,(H,14,15). The van der Waals surface area contributed by atoms with Crippen LogP contribution in [0.1, 0.15) is 15.4 Å². The predicted molar refractivity (Wildman–Crippen MR) is 66.9 cm³/mol. The quantitative estimate of drug-likeness (QED) is 0.922. The van der Waals surface area contributed by atoms with Gasteiger partial charge in [-0.3, -0.25) is 0 Å². The Morgan fingerprint density at radius 3 is 2.69 bits per heavy atom. The Morgan fingerprint density at radius 1 is 1.44 bits per heavy atom. The van der Waals surface area contributed by atoms with Crippen molar-refractivity contribution in [2.75, 3.05) is 0 Å². The second-order valence-electron chi connectivity index (χ2n) is 3.22. The summed E-state index contributed by atoms with van der Waals surface area (Å²) < 4.78 is 0.917. The number of hydrogen-bond donors (Lipinski definition) is 1. The van der Waals surface area contributed by atoms with E-state index < -0.39 is 5.97 Å². The molecule has 0 saturated carbocycles. The van der Waals surface area contributed by atoms with E-state index in [0.29, 0.717) is 10.6 Å². The summed E-state index contributed by atoms with van der Waals surface area (Å²) >= 11 is 4.62. The molecule has 1 aromatic heterocycles. The van der Waals surface area contributed by atoms with Crippen LogP contribution in [0.15, 0.2) is 28.7 Å². The van der Waals surface area contributed by atoms with Crippen molar-refractivity contribution in [3.05, 3.63) is 39.3 Å².